The van der Waals surface area contributed by atoms with Gasteiger partial charge in [0.2, 0.25) is 0 Å². The molecule has 1 aromatic heterocycles. The fraction of sp³-hybridized carbons (Fsp3) is 0.255. The predicted molar refractivity (Wildman–Crippen MR) is 256 cm³/mol. The van der Waals surface area contributed by atoms with E-state index in [1.54, 1.807) is 28.4 Å². The van der Waals surface area contributed by atoms with Gasteiger partial charge in [0, 0.05) is 31.5 Å². The number of rotatable bonds is 19. The Kier molecular flexibility index (Phi) is 14.5. The zero-order valence-electron chi connectivity index (χ0n) is 38.6. The first-order valence-electron chi connectivity index (χ1n) is 22.3. The van der Waals surface area contributed by atoms with Crippen LogP contribution in [0.4, 0.5) is 0 Å². The molecule has 6 aromatic carbocycles. The van der Waals surface area contributed by atoms with Crippen molar-refractivity contribution in [1.82, 2.24) is 9.55 Å². The largest absolute Gasteiger partial charge is 0.497 e. The van der Waals surface area contributed by atoms with E-state index in [4.69, 9.17) is 37.9 Å². The Balaban J connectivity index is 1.11. The van der Waals surface area contributed by atoms with E-state index in [-0.39, 0.29) is 31.6 Å². The lowest BCUT2D eigenvalue weighted by atomic mass is 9.80. The van der Waals surface area contributed by atoms with Crippen LogP contribution >= 0.6 is 0 Å². The Morgan fingerprint density at radius 3 is 1.38 bits per heavy atom. The van der Waals surface area contributed by atoms with Crippen LogP contribution in [0.5, 0.6) is 23.0 Å². The zero-order valence-corrected chi connectivity index (χ0v) is 38.6. The molecule has 1 aliphatic rings. The van der Waals surface area contributed by atoms with Gasteiger partial charge in [0.25, 0.3) is 5.56 Å². The van der Waals surface area contributed by atoms with E-state index in [2.05, 4.69) is 4.98 Å². The van der Waals surface area contributed by atoms with Gasteiger partial charge < -0.3 is 37.9 Å². The Bertz CT molecular complexity index is 2770. The van der Waals surface area contributed by atoms with Crippen LogP contribution in [0.2, 0.25) is 0 Å². The number of H-pyrrole nitrogens is 1. The molecule has 1 aliphatic heterocycles. The van der Waals surface area contributed by atoms with Crippen molar-refractivity contribution in [2.45, 2.75) is 49.4 Å². The van der Waals surface area contributed by atoms with Crippen LogP contribution in [0.25, 0.3) is 0 Å². The summed E-state index contributed by atoms with van der Waals surface area (Å²) in [6.07, 6.45) is -0.875. The molecule has 0 radical (unpaired) electrons. The normalized spacial score (nSPS) is 15.9. The molecular weight excluding hydrogens is 865 g/mol. The van der Waals surface area contributed by atoms with Crippen LogP contribution < -0.4 is 30.2 Å². The van der Waals surface area contributed by atoms with Crippen LogP contribution in [0.1, 0.15) is 58.5 Å². The minimum atomic E-state index is -1.20. The average molecular weight is 919 g/mol. The number of carbonyl (C=O) groups excluding carboxylic acids is 1. The molecule has 0 bridgehead atoms. The lowest BCUT2D eigenvalue weighted by molar-refractivity contribution is -0.153. The van der Waals surface area contributed by atoms with Crippen LogP contribution in [-0.2, 0) is 41.4 Å². The summed E-state index contributed by atoms with van der Waals surface area (Å²) in [5, 5.41) is 0. The molecule has 7 aromatic rings. The predicted octanol–water partition coefficient (Wildman–Crippen LogP) is 8.35. The van der Waals surface area contributed by atoms with Gasteiger partial charge in [-0.3, -0.25) is 19.1 Å². The number of nitrogens with zero attached hydrogens (tertiary/aromatic N) is 1. The van der Waals surface area contributed by atoms with E-state index in [9.17, 15) is 14.4 Å². The molecule has 1 saturated heterocycles. The summed E-state index contributed by atoms with van der Waals surface area (Å²) in [6.45, 7) is 1.31. The van der Waals surface area contributed by atoms with Gasteiger partial charge in [-0.2, -0.15) is 0 Å². The highest BCUT2D eigenvalue weighted by Gasteiger charge is 2.44. The van der Waals surface area contributed by atoms with Crippen LogP contribution in [0.15, 0.2) is 174 Å². The fourth-order valence-corrected chi connectivity index (χ4v) is 8.95. The van der Waals surface area contributed by atoms with E-state index in [1.165, 1.54) is 17.7 Å². The van der Waals surface area contributed by atoms with E-state index < -0.39 is 46.9 Å². The van der Waals surface area contributed by atoms with Crippen LogP contribution in [0.3, 0.4) is 0 Å². The highest BCUT2D eigenvalue weighted by Crippen LogP contribution is 2.44. The second-order valence-corrected chi connectivity index (χ2v) is 16.3. The maximum atomic E-state index is 13.7. The monoisotopic (exact) mass is 918 g/mol. The first kappa shape index (κ1) is 47.1. The van der Waals surface area contributed by atoms with Gasteiger partial charge in [-0.15, -0.1) is 0 Å². The lowest BCUT2D eigenvalue weighted by Gasteiger charge is -2.37. The molecule has 2 heterocycles. The molecule has 0 unspecified atom stereocenters. The molecule has 3 atom stereocenters. The quantitative estimate of drug-likeness (QED) is 0.0617. The third-order valence-corrected chi connectivity index (χ3v) is 12.4. The van der Waals surface area contributed by atoms with Crippen molar-refractivity contribution in [2.24, 2.45) is 0 Å². The van der Waals surface area contributed by atoms with Crippen molar-refractivity contribution < 1.29 is 42.7 Å². The molecular formula is C55H54N2O11. The number of ether oxygens (including phenoxy) is 8. The Morgan fingerprint density at radius 1 is 0.588 bits per heavy atom. The van der Waals surface area contributed by atoms with Gasteiger partial charge in [0.05, 0.1) is 41.7 Å². The van der Waals surface area contributed by atoms with Crippen LogP contribution in [-0.4, -0.2) is 69.4 Å². The molecule has 0 saturated carbocycles. The number of nitrogens with one attached hydrogen (secondary N) is 1. The standard InChI is InChI=1S/C55H54N2O11/c1-37(58)67-49-34-51(68-50(49)36-66-55(40-14-10-7-11-15-40,43-20-28-47(63-4)29-21-43)44-22-30-48(64-5)31-23-44)57-35-38(52(59)56-53(57)60)32-33-65-54(39-12-8-6-9-13-39,41-16-24-45(61-2)25-17-41)42-18-26-46(62-3)27-19-42/h6-31,35,49-51H,32-34,36H2,1-5H3,(H,56,59,60)/t49-,50+,51+/m0/s1. The Labute approximate surface area is 394 Å². The van der Waals surface area contributed by atoms with Gasteiger partial charge in [-0.05, 0) is 81.9 Å². The molecule has 8 rings (SSSR count). The van der Waals surface area contributed by atoms with E-state index in [0.29, 0.717) is 23.0 Å². The van der Waals surface area contributed by atoms with Crippen LogP contribution in [0, 0.1) is 0 Å². The highest BCUT2D eigenvalue weighted by atomic mass is 16.6. The number of hydrogen-bond acceptors (Lipinski definition) is 11. The SMILES string of the molecule is COc1ccc(C(OCCc2cn([C@H]3C[C@H](OC(C)=O)[C@@H](COC(c4ccccc4)(c4ccc(OC)cc4)c4ccc(OC)cc4)O3)c(=O)[nH]c2=O)(c2ccccc2)c2ccc(OC)cc2)cc1. The fourth-order valence-electron chi connectivity index (χ4n) is 8.95. The van der Waals surface area contributed by atoms with Gasteiger partial charge in [-0.1, -0.05) is 109 Å². The molecule has 0 amide bonds. The summed E-state index contributed by atoms with van der Waals surface area (Å²) >= 11 is 0. The Morgan fingerprint density at radius 2 is 0.985 bits per heavy atom. The highest BCUT2D eigenvalue weighted by molar-refractivity contribution is 5.66. The van der Waals surface area contributed by atoms with Crippen molar-refractivity contribution >= 4 is 5.97 Å². The molecule has 1 N–H and O–H groups in total. The third-order valence-electron chi connectivity index (χ3n) is 12.4. The van der Waals surface area contributed by atoms with E-state index >= 15 is 0 Å². The maximum absolute atomic E-state index is 13.7. The van der Waals surface area contributed by atoms with Crippen molar-refractivity contribution in [1.29, 1.82) is 0 Å². The number of esters is 1. The molecule has 0 aliphatic carbocycles. The number of methoxy groups -OCH3 is 4. The van der Waals surface area contributed by atoms with Gasteiger partial charge in [0.15, 0.2) is 0 Å². The van der Waals surface area contributed by atoms with Crippen molar-refractivity contribution in [3.05, 3.63) is 224 Å². The maximum Gasteiger partial charge on any atom is 0.330 e. The number of benzene rings is 6. The summed E-state index contributed by atoms with van der Waals surface area (Å²) in [7, 11) is 6.44. The van der Waals surface area contributed by atoms with Crippen molar-refractivity contribution in [3.8, 4) is 23.0 Å². The minimum Gasteiger partial charge on any atom is -0.497 e. The molecule has 13 nitrogen and oxygen atoms in total. The number of carbonyl (C=O) groups is 1. The molecule has 350 valence electrons. The topological polar surface area (TPSA) is 146 Å². The number of hydrogen-bond donors (Lipinski definition) is 1. The average Bonchev–Trinajstić information content (AvgIpc) is 3.78. The van der Waals surface area contributed by atoms with E-state index in [0.717, 1.165) is 33.4 Å². The number of aromatic nitrogens is 2. The van der Waals surface area contributed by atoms with Crippen molar-refractivity contribution in [3.63, 3.8) is 0 Å². The minimum absolute atomic E-state index is 0.0601. The zero-order chi connectivity index (χ0) is 47.7. The third kappa shape index (κ3) is 9.68. The number of aromatic amines is 1. The van der Waals surface area contributed by atoms with Gasteiger partial charge in [0.1, 0.15) is 52.6 Å². The first-order chi connectivity index (χ1) is 33.1. The van der Waals surface area contributed by atoms with E-state index in [1.807, 2.05) is 158 Å². The molecule has 68 heavy (non-hydrogen) atoms. The molecule has 0 spiro atoms. The van der Waals surface area contributed by atoms with Gasteiger partial charge in [-0.25, -0.2) is 4.79 Å². The summed E-state index contributed by atoms with van der Waals surface area (Å²) < 4.78 is 50.0. The Hall–Kier alpha value is -7.45. The second-order valence-electron chi connectivity index (χ2n) is 16.3. The second kappa shape index (κ2) is 21.0. The molecule has 13 heteroatoms. The summed E-state index contributed by atoms with van der Waals surface area (Å²) in [5.74, 6) is 2.19. The molecule has 1 fully saturated rings. The van der Waals surface area contributed by atoms with Gasteiger partial charge >= 0.3 is 11.7 Å². The summed E-state index contributed by atoms with van der Waals surface area (Å²) in [5.41, 5.74) is 1.64. The summed E-state index contributed by atoms with van der Waals surface area (Å²) in [6, 6.07) is 50.2. The van der Waals surface area contributed by atoms with Crippen molar-refractivity contribution in [2.75, 3.05) is 41.7 Å². The lowest BCUT2D eigenvalue weighted by Crippen LogP contribution is -2.39. The smallest absolute Gasteiger partial charge is 0.330 e. The first-order valence-corrected chi connectivity index (χ1v) is 22.3. The summed E-state index contributed by atoms with van der Waals surface area (Å²) in [4.78, 5) is 42.4.